The summed E-state index contributed by atoms with van der Waals surface area (Å²) in [4.78, 5) is 12.8. The molecule has 0 spiro atoms. The molecular weight excluding hydrogens is 216 g/mol. The third kappa shape index (κ3) is 3.75. The standard InChI is InChI=1S/C13H20N2O2/c1-3-15(9-8-11(14)13(16)17)12-7-5-4-6-10(12)2/h4-7,11H,3,8-9,14H2,1-2H3,(H,16,17). The number of nitrogens with zero attached hydrogens (tertiary/aromatic N) is 1. The molecule has 1 aromatic carbocycles. The van der Waals surface area contributed by atoms with Crippen LogP contribution in [0.1, 0.15) is 18.9 Å². The van der Waals surface area contributed by atoms with E-state index in [0.29, 0.717) is 13.0 Å². The van der Waals surface area contributed by atoms with E-state index in [1.807, 2.05) is 18.2 Å². The molecule has 0 aliphatic rings. The summed E-state index contributed by atoms with van der Waals surface area (Å²) in [5, 5.41) is 8.75. The van der Waals surface area contributed by atoms with Crippen LogP contribution in [-0.4, -0.2) is 30.2 Å². The second kappa shape index (κ2) is 6.25. The number of nitrogens with two attached hydrogens (primary N) is 1. The molecule has 0 saturated carbocycles. The minimum absolute atomic E-state index is 0.456. The maximum atomic E-state index is 10.7. The molecular formula is C13H20N2O2. The monoisotopic (exact) mass is 236 g/mol. The Morgan fingerprint density at radius 2 is 2.12 bits per heavy atom. The molecule has 0 heterocycles. The lowest BCUT2D eigenvalue weighted by Gasteiger charge is -2.25. The van der Waals surface area contributed by atoms with E-state index in [1.54, 1.807) is 0 Å². The van der Waals surface area contributed by atoms with Gasteiger partial charge in [-0.25, -0.2) is 0 Å². The number of hydrogen-bond donors (Lipinski definition) is 2. The molecule has 1 aromatic rings. The zero-order chi connectivity index (χ0) is 12.8. The van der Waals surface area contributed by atoms with Gasteiger partial charge in [-0.2, -0.15) is 0 Å². The van der Waals surface area contributed by atoms with Crippen LogP contribution in [0.2, 0.25) is 0 Å². The number of carboxylic acid groups (broad SMARTS) is 1. The van der Waals surface area contributed by atoms with E-state index in [-0.39, 0.29) is 0 Å². The van der Waals surface area contributed by atoms with Gasteiger partial charge in [0, 0.05) is 18.8 Å². The van der Waals surface area contributed by atoms with Crippen molar-refractivity contribution in [2.45, 2.75) is 26.3 Å². The summed E-state index contributed by atoms with van der Waals surface area (Å²) in [5.41, 5.74) is 7.85. The fraction of sp³-hybridized carbons (Fsp3) is 0.462. The third-order valence-corrected chi connectivity index (χ3v) is 2.87. The number of rotatable bonds is 6. The molecule has 0 fully saturated rings. The quantitative estimate of drug-likeness (QED) is 0.787. The van der Waals surface area contributed by atoms with Gasteiger partial charge >= 0.3 is 5.97 Å². The maximum absolute atomic E-state index is 10.7. The van der Waals surface area contributed by atoms with E-state index >= 15 is 0 Å². The van der Waals surface area contributed by atoms with Crippen molar-refractivity contribution in [2.75, 3.05) is 18.0 Å². The zero-order valence-corrected chi connectivity index (χ0v) is 10.4. The van der Waals surface area contributed by atoms with E-state index in [1.165, 1.54) is 5.56 Å². The molecule has 0 radical (unpaired) electrons. The van der Waals surface area contributed by atoms with Gasteiger partial charge in [0.2, 0.25) is 0 Å². The van der Waals surface area contributed by atoms with Crippen LogP contribution in [0, 0.1) is 6.92 Å². The molecule has 17 heavy (non-hydrogen) atoms. The van der Waals surface area contributed by atoms with Gasteiger partial charge in [-0.05, 0) is 31.9 Å². The maximum Gasteiger partial charge on any atom is 0.320 e. The van der Waals surface area contributed by atoms with Crippen LogP contribution in [0.4, 0.5) is 5.69 Å². The number of para-hydroxylation sites is 1. The van der Waals surface area contributed by atoms with Crippen LogP contribution in [0.3, 0.4) is 0 Å². The van der Waals surface area contributed by atoms with Crippen LogP contribution in [0.25, 0.3) is 0 Å². The van der Waals surface area contributed by atoms with Crippen LogP contribution in [0.15, 0.2) is 24.3 Å². The fourth-order valence-electron chi connectivity index (χ4n) is 1.79. The molecule has 0 aromatic heterocycles. The SMILES string of the molecule is CCN(CCC(N)C(=O)O)c1ccccc1C. The Kier molecular flexibility index (Phi) is 4.97. The van der Waals surface area contributed by atoms with E-state index in [0.717, 1.165) is 12.2 Å². The van der Waals surface area contributed by atoms with Gasteiger partial charge in [0.1, 0.15) is 6.04 Å². The summed E-state index contributed by atoms with van der Waals surface area (Å²) in [6.07, 6.45) is 0.456. The Morgan fingerprint density at radius 1 is 1.47 bits per heavy atom. The second-order valence-corrected chi connectivity index (χ2v) is 4.10. The molecule has 4 nitrogen and oxygen atoms in total. The average molecular weight is 236 g/mol. The van der Waals surface area contributed by atoms with Crippen LogP contribution in [0.5, 0.6) is 0 Å². The Bertz CT molecular complexity index is 379. The summed E-state index contributed by atoms with van der Waals surface area (Å²) in [7, 11) is 0. The number of aliphatic carboxylic acids is 1. The molecule has 0 bridgehead atoms. The van der Waals surface area contributed by atoms with Crippen molar-refractivity contribution in [1.29, 1.82) is 0 Å². The lowest BCUT2D eigenvalue weighted by molar-refractivity contribution is -0.138. The largest absolute Gasteiger partial charge is 0.480 e. The summed E-state index contributed by atoms with van der Waals surface area (Å²) < 4.78 is 0. The van der Waals surface area contributed by atoms with Gasteiger partial charge < -0.3 is 15.7 Å². The molecule has 1 rings (SSSR count). The minimum atomic E-state index is -0.939. The van der Waals surface area contributed by atoms with Gasteiger partial charge in [-0.3, -0.25) is 4.79 Å². The molecule has 3 N–H and O–H groups in total. The lowest BCUT2D eigenvalue weighted by Crippen LogP contribution is -2.35. The normalized spacial score (nSPS) is 12.2. The van der Waals surface area contributed by atoms with Crippen molar-refractivity contribution in [3.8, 4) is 0 Å². The first-order chi connectivity index (χ1) is 8.06. The van der Waals surface area contributed by atoms with Crippen LogP contribution < -0.4 is 10.6 Å². The number of anilines is 1. The van der Waals surface area contributed by atoms with Crippen molar-refractivity contribution in [3.05, 3.63) is 29.8 Å². The number of carbonyl (C=O) groups is 1. The van der Waals surface area contributed by atoms with Gasteiger partial charge in [-0.15, -0.1) is 0 Å². The van der Waals surface area contributed by atoms with Gasteiger partial charge in [0.15, 0.2) is 0 Å². The lowest BCUT2D eigenvalue weighted by atomic mass is 10.1. The first-order valence-electron chi connectivity index (χ1n) is 5.85. The number of carboxylic acids is 1. The number of benzene rings is 1. The first-order valence-corrected chi connectivity index (χ1v) is 5.85. The second-order valence-electron chi connectivity index (χ2n) is 4.10. The van der Waals surface area contributed by atoms with Crippen molar-refractivity contribution < 1.29 is 9.90 Å². The number of hydrogen-bond acceptors (Lipinski definition) is 3. The highest BCUT2D eigenvalue weighted by atomic mass is 16.4. The Balaban J connectivity index is 2.67. The smallest absolute Gasteiger partial charge is 0.320 e. The molecule has 94 valence electrons. The van der Waals surface area contributed by atoms with Crippen molar-refractivity contribution >= 4 is 11.7 Å². The van der Waals surface area contributed by atoms with Crippen molar-refractivity contribution in [2.24, 2.45) is 5.73 Å². The van der Waals surface area contributed by atoms with Crippen molar-refractivity contribution in [1.82, 2.24) is 0 Å². The summed E-state index contributed by atoms with van der Waals surface area (Å²) in [5.74, 6) is -0.939. The molecule has 1 unspecified atom stereocenters. The third-order valence-electron chi connectivity index (χ3n) is 2.87. The molecule has 0 amide bonds. The minimum Gasteiger partial charge on any atom is -0.480 e. The Labute approximate surface area is 102 Å². The van der Waals surface area contributed by atoms with Gasteiger partial charge in [-0.1, -0.05) is 18.2 Å². The molecule has 0 aliphatic heterocycles. The topological polar surface area (TPSA) is 66.6 Å². The molecule has 0 saturated heterocycles. The highest BCUT2D eigenvalue weighted by Gasteiger charge is 2.14. The number of aryl methyl sites for hydroxylation is 1. The summed E-state index contributed by atoms with van der Waals surface area (Å²) in [6.45, 7) is 5.61. The predicted molar refractivity (Wildman–Crippen MR) is 69.3 cm³/mol. The Hall–Kier alpha value is -1.55. The van der Waals surface area contributed by atoms with Gasteiger partial charge in [0.05, 0.1) is 0 Å². The highest BCUT2D eigenvalue weighted by Crippen LogP contribution is 2.19. The zero-order valence-electron chi connectivity index (χ0n) is 10.4. The highest BCUT2D eigenvalue weighted by molar-refractivity contribution is 5.73. The Morgan fingerprint density at radius 3 is 2.65 bits per heavy atom. The summed E-state index contributed by atoms with van der Waals surface area (Å²) >= 11 is 0. The van der Waals surface area contributed by atoms with E-state index in [4.69, 9.17) is 10.8 Å². The van der Waals surface area contributed by atoms with E-state index in [9.17, 15) is 4.79 Å². The van der Waals surface area contributed by atoms with Crippen molar-refractivity contribution in [3.63, 3.8) is 0 Å². The van der Waals surface area contributed by atoms with E-state index < -0.39 is 12.0 Å². The first kappa shape index (κ1) is 13.5. The fourth-order valence-corrected chi connectivity index (χ4v) is 1.79. The molecule has 4 heteroatoms. The van der Waals surface area contributed by atoms with E-state index in [2.05, 4.69) is 24.8 Å². The predicted octanol–water partition coefficient (Wildman–Crippen LogP) is 1.62. The van der Waals surface area contributed by atoms with Crippen LogP contribution in [-0.2, 0) is 4.79 Å². The summed E-state index contributed by atoms with van der Waals surface area (Å²) in [6, 6.07) is 7.30. The van der Waals surface area contributed by atoms with Gasteiger partial charge in [0.25, 0.3) is 0 Å². The van der Waals surface area contributed by atoms with Crippen LogP contribution >= 0.6 is 0 Å². The average Bonchev–Trinajstić information content (AvgIpc) is 2.31. The molecule has 1 atom stereocenters. The molecule has 0 aliphatic carbocycles.